The molecular formula is C23H42O8. The van der Waals surface area contributed by atoms with E-state index >= 15 is 0 Å². The number of hydrogen-bond acceptors (Lipinski definition) is 8. The first-order valence-corrected chi connectivity index (χ1v) is 11.8. The first-order valence-electron chi connectivity index (χ1n) is 11.8. The Hall–Kier alpha value is -1.35. The highest BCUT2D eigenvalue weighted by atomic mass is 16.6. The summed E-state index contributed by atoms with van der Waals surface area (Å²) in [5, 5.41) is 37.4. The smallest absolute Gasteiger partial charge is 0.378 e. The second-order valence-corrected chi connectivity index (χ2v) is 8.15. The fourth-order valence-corrected chi connectivity index (χ4v) is 3.44. The molecule has 1 heterocycles. The zero-order valence-electron chi connectivity index (χ0n) is 19.0. The molecule has 1 rings (SSSR count). The normalized spacial score (nSPS) is 18.2. The number of aliphatic hydroxyl groups is 4. The zero-order valence-corrected chi connectivity index (χ0v) is 19.0. The third-order valence-electron chi connectivity index (χ3n) is 5.32. The molecule has 182 valence electrons. The molecule has 0 radical (unpaired) electrons. The number of esters is 1. The number of ether oxygens (including phenoxy) is 3. The maximum atomic E-state index is 12.0. The van der Waals surface area contributed by atoms with Gasteiger partial charge in [-0.05, 0) is 6.42 Å². The van der Waals surface area contributed by atoms with Gasteiger partial charge in [0.2, 0.25) is 5.76 Å². The Morgan fingerprint density at radius 1 is 0.839 bits per heavy atom. The second kappa shape index (κ2) is 17.2. The van der Waals surface area contributed by atoms with Crippen LogP contribution in [0, 0.1) is 0 Å². The summed E-state index contributed by atoms with van der Waals surface area (Å²) in [6.07, 6.45) is 11.0. The summed E-state index contributed by atoms with van der Waals surface area (Å²) in [7, 11) is 0. The standard InChI is InChI=1S/C23H42O8/c1-2-3-4-5-6-7-8-9-10-11-12-13-14-29-21-20(19(27)16-25)31-23(28)22(21)30-17-18(26)15-24/h18-20,24-27H,2-17H2,1H3/t18?,19-,20+/m0/s1. The van der Waals surface area contributed by atoms with Crippen molar-refractivity contribution in [3.63, 3.8) is 0 Å². The number of rotatable bonds is 20. The summed E-state index contributed by atoms with van der Waals surface area (Å²) in [6, 6.07) is 0. The molecule has 8 nitrogen and oxygen atoms in total. The minimum atomic E-state index is -1.33. The van der Waals surface area contributed by atoms with Crippen LogP contribution in [0.5, 0.6) is 0 Å². The monoisotopic (exact) mass is 446 g/mol. The van der Waals surface area contributed by atoms with Gasteiger partial charge >= 0.3 is 5.97 Å². The molecule has 0 aromatic heterocycles. The molecular weight excluding hydrogens is 404 g/mol. The third kappa shape index (κ3) is 11.2. The van der Waals surface area contributed by atoms with E-state index in [-0.39, 0.29) is 18.1 Å². The highest BCUT2D eigenvalue weighted by Gasteiger charge is 2.42. The Bertz CT molecular complexity index is 508. The molecule has 8 heteroatoms. The van der Waals surface area contributed by atoms with E-state index in [1.165, 1.54) is 57.8 Å². The second-order valence-electron chi connectivity index (χ2n) is 8.15. The highest BCUT2D eigenvalue weighted by molar-refractivity contribution is 5.89. The zero-order chi connectivity index (χ0) is 22.9. The van der Waals surface area contributed by atoms with E-state index < -0.39 is 37.5 Å². The molecule has 0 aliphatic carbocycles. The maximum Gasteiger partial charge on any atom is 0.378 e. The maximum absolute atomic E-state index is 12.0. The molecule has 4 N–H and O–H groups in total. The van der Waals surface area contributed by atoms with E-state index in [1.807, 2.05) is 0 Å². The van der Waals surface area contributed by atoms with E-state index in [4.69, 9.17) is 19.3 Å². The van der Waals surface area contributed by atoms with E-state index in [2.05, 4.69) is 6.92 Å². The molecule has 1 unspecified atom stereocenters. The highest BCUT2D eigenvalue weighted by Crippen LogP contribution is 2.28. The summed E-state index contributed by atoms with van der Waals surface area (Å²) >= 11 is 0. The van der Waals surface area contributed by atoms with Crippen LogP contribution >= 0.6 is 0 Å². The summed E-state index contributed by atoms with van der Waals surface area (Å²) in [5.41, 5.74) is 0. The molecule has 3 atom stereocenters. The van der Waals surface area contributed by atoms with E-state index in [1.54, 1.807) is 0 Å². The van der Waals surface area contributed by atoms with Crippen LogP contribution in [0.3, 0.4) is 0 Å². The molecule has 0 aromatic carbocycles. The van der Waals surface area contributed by atoms with Crippen LogP contribution in [0.2, 0.25) is 0 Å². The van der Waals surface area contributed by atoms with Crippen LogP contribution in [-0.4, -0.2) is 71.1 Å². The lowest BCUT2D eigenvalue weighted by molar-refractivity contribution is -0.149. The molecule has 0 fully saturated rings. The van der Waals surface area contributed by atoms with Gasteiger partial charge in [0.15, 0.2) is 11.9 Å². The molecule has 0 saturated heterocycles. The summed E-state index contributed by atoms with van der Waals surface area (Å²) in [5.74, 6) is -1.03. The van der Waals surface area contributed by atoms with Crippen molar-refractivity contribution >= 4 is 5.97 Å². The van der Waals surface area contributed by atoms with Crippen molar-refractivity contribution in [2.24, 2.45) is 0 Å². The average molecular weight is 447 g/mol. The molecule has 0 aromatic rings. The fraction of sp³-hybridized carbons (Fsp3) is 0.870. The molecule has 1 aliphatic heterocycles. The average Bonchev–Trinajstić information content (AvgIpc) is 3.09. The molecule has 0 spiro atoms. The summed E-state index contributed by atoms with van der Waals surface area (Å²) < 4.78 is 16.0. The van der Waals surface area contributed by atoms with E-state index in [0.29, 0.717) is 6.61 Å². The van der Waals surface area contributed by atoms with Gasteiger partial charge in [0, 0.05) is 0 Å². The number of carbonyl (C=O) groups is 1. The van der Waals surface area contributed by atoms with Gasteiger partial charge in [0.05, 0.1) is 19.8 Å². The lowest BCUT2D eigenvalue weighted by Gasteiger charge is -2.18. The Labute approximate surface area is 186 Å². The van der Waals surface area contributed by atoms with Gasteiger partial charge in [-0.3, -0.25) is 0 Å². The van der Waals surface area contributed by atoms with Gasteiger partial charge in [-0.15, -0.1) is 0 Å². The lowest BCUT2D eigenvalue weighted by Crippen LogP contribution is -2.32. The van der Waals surface area contributed by atoms with Crippen LogP contribution in [0.4, 0.5) is 0 Å². The Morgan fingerprint density at radius 3 is 1.90 bits per heavy atom. The van der Waals surface area contributed by atoms with Crippen LogP contribution in [0.25, 0.3) is 0 Å². The van der Waals surface area contributed by atoms with Gasteiger partial charge in [0.1, 0.15) is 18.8 Å². The third-order valence-corrected chi connectivity index (χ3v) is 5.32. The lowest BCUT2D eigenvalue weighted by atomic mass is 10.1. The van der Waals surface area contributed by atoms with E-state index in [9.17, 15) is 20.1 Å². The van der Waals surface area contributed by atoms with Crippen molar-refractivity contribution in [3.05, 3.63) is 11.5 Å². The van der Waals surface area contributed by atoms with Crippen LogP contribution in [0.15, 0.2) is 11.5 Å². The van der Waals surface area contributed by atoms with Gasteiger partial charge in [-0.2, -0.15) is 0 Å². The minimum absolute atomic E-state index is 0.0276. The topological polar surface area (TPSA) is 126 Å². The van der Waals surface area contributed by atoms with Crippen molar-refractivity contribution in [2.75, 3.05) is 26.4 Å². The van der Waals surface area contributed by atoms with Crippen molar-refractivity contribution in [3.8, 4) is 0 Å². The number of aliphatic hydroxyl groups excluding tert-OH is 4. The van der Waals surface area contributed by atoms with Gasteiger partial charge in [-0.25, -0.2) is 4.79 Å². The number of cyclic esters (lactones) is 1. The van der Waals surface area contributed by atoms with Crippen LogP contribution in [0.1, 0.15) is 84.0 Å². The minimum Gasteiger partial charge on any atom is -0.490 e. The number of hydrogen-bond donors (Lipinski definition) is 4. The first kappa shape index (κ1) is 27.7. The van der Waals surface area contributed by atoms with E-state index in [0.717, 1.165) is 19.3 Å². The number of unbranched alkanes of at least 4 members (excludes halogenated alkanes) is 11. The SMILES string of the molecule is CCCCCCCCCCCCCCOC1=C(OCC(O)CO)C(=O)O[C@@H]1[C@@H](O)CO. The molecule has 0 amide bonds. The quantitative estimate of drug-likeness (QED) is 0.166. The van der Waals surface area contributed by atoms with Crippen LogP contribution in [-0.2, 0) is 19.0 Å². The predicted molar refractivity (Wildman–Crippen MR) is 116 cm³/mol. The first-order chi connectivity index (χ1) is 15.0. The molecule has 0 bridgehead atoms. The summed E-state index contributed by atoms with van der Waals surface area (Å²) in [4.78, 5) is 12.0. The van der Waals surface area contributed by atoms with Crippen molar-refractivity contribution in [2.45, 2.75) is 102 Å². The molecule has 31 heavy (non-hydrogen) atoms. The van der Waals surface area contributed by atoms with Gasteiger partial charge < -0.3 is 34.6 Å². The Morgan fingerprint density at radius 2 is 1.39 bits per heavy atom. The van der Waals surface area contributed by atoms with Crippen molar-refractivity contribution in [1.29, 1.82) is 0 Å². The molecule has 0 saturated carbocycles. The van der Waals surface area contributed by atoms with Crippen LogP contribution < -0.4 is 0 Å². The Kier molecular flexibility index (Phi) is 15.4. The predicted octanol–water partition coefficient (Wildman–Crippen LogP) is 2.56. The summed E-state index contributed by atoms with van der Waals surface area (Å²) in [6.45, 7) is 1.13. The van der Waals surface area contributed by atoms with Crippen molar-refractivity contribution < 1.29 is 39.4 Å². The molecule has 1 aliphatic rings. The largest absolute Gasteiger partial charge is 0.490 e. The van der Waals surface area contributed by atoms with Gasteiger partial charge in [0.25, 0.3) is 0 Å². The Balaban J connectivity index is 2.29. The fourth-order valence-electron chi connectivity index (χ4n) is 3.44. The number of carbonyl (C=O) groups excluding carboxylic acids is 1. The van der Waals surface area contributed by atoms with Crippen molar-refractivity contribution in [1.82, 2.24) is 0 Å². The van der Waals surface area contributed by atoms with Gasteiger partial charge in [-0.1, -0.05) is 77.6 Å².